The molecule has 0 spiro atoms. The van der Waals surface area contributed by atoms with E-state index in [1.165, 1.54) is 17.4 Å². The topological polar surface area (TPSA) is 111 Å². The molecular weight excluding hydrogens is 479 g/mol. The minimum absolute atomic E-state index is 0.0475. The van der Waals surface area contributed by atoms with Gasteiger partial charge < -0.3 is 21.1 Å². The summed E-state index contributed by atoms with van der Waals surface area (Å²) in [6.07, 6.45) is -4.09. The highest BCUT2D eigenvalue weighted by atomic mass is 32.1. The van der Waals surface area contributed by atoms with Crippen molar-refractivity contribution < 1.29 is 17.9 Å². The van der Waals surface area contributed by atoms with E-state index < -0.39 is 17.8 Å². The first-order valence-electron chi connectivity index (χ1n) is 10.7. The average molecular weight is 500 g/mol. The van der Waals surface area contributed by atoms with Crippen molar-refractivity contribution in [3.05, 3.63) is 65.4 Å². The molecule has 4 N–H and O–H groups in total. The Morgan fingerprint density at radius 2 is 1.91 bits per heavy atom. The lowest BCUT2D eigenvalue weighted by atomic mass is 10.1. The molecule has 1 saturated heterocycles. The van der Waals surface area contributed by atoms with Crippen molar-refractivity contribution in [3.8, 4) is 22.5 Å². The summed E-state index contributed by atoms with van der Waals surface area (Å²) >= 11 is 1.36. The van der Waals surface area contributed by atoms with Crippen LogP contribution in [0, 0.1) is 0 Å². The predicted molar refractivity (Wildman–Crippen MR) is 127 cm³/mol. The van der Waals surface area contributed by atoms with Crippen LogP contribution < -0.4 is 16.4 Å². The van der Waals surface area contributed by atoms with Crippen LogP contribution in [0.25, 0.3) is 22.5 Å². The average Bonchev–Trinajstić information content (AvgIpc) is 3.33. The Balaban J connectivity index is 1.55. The van der Waals surface area contributed by atoms with Gasteiger partial charge in [-0.1, -0.05) is 30.3 Å². The molecular formula is C23H20F3N7OS. The number of morpholine rings is 1. The minimum atomic E-state index is -4.64. The maximum absolute atomic E-state index is 13.8. The zero-order chi connectivity index (χ0) is 24.4. The van der Waals surface area contributed by atoms with Gasteiger partial charge in [0.2, 0.25) is 0 Å². The molecule has 0 bridgehead atoms. The molecule has 4 aromatic rings. The number of nitrogens with two attached hydrogens (primary N) is 1. The molecule has 1 aliphatic rings. The smallest absolute Gasteiger partial charge is 0.384 e. The van der Waals surface area contributed by atoms with Crippen LogP contribution in [0.1, 0.15) is 17.5 Å². The lowest BCUT2D eigenvalue weighted by Crippen LogP contribution is -2.34. The van der Waals surface area contributed by atoms with E-state index >= 15 is 0 Å². The van der Waals surface area contributed by atoms with Crippen LogP contribution in [0.4, 0.5) is 29.9 Å². The van der Waals surface area contributed by atoms with E-state index in [0.29, 0.717) is 24.8 Å². The van der Waals surface area contributed by atoms with E-state index in [1.54, 1.807) is 0 Å². The van der Waals surface area contributed by atoms with Crippen molar-refractivity contribution in [2.75, 3.05) is 30.7 Å². The van der Waals surface area contributed by atoms with Gasteiger partial charge in [0.25, 0.3) is 0 Å². The largest absolute Gasteiger partial charge is 0.417 e. The van der Waals surface area contributed by atoms with Gasteiger partial charge in [-0.25, -0.2) is 19.9 Å². The number of ether oxygens (including phenoxy) is 1. The third-order valence-corrected chi connectivity index (χ3v) is 6.03. The molecule has 5 rings (SSSR count). The maximum atomic E-state index is 13.8. The van der Waals surface area contributed by atoms with Crippen molar-refractivity contribution in [1.82, 2.24) is 25.3 Å². The number of alkyl halides is 3. The molecule has 4 heterocycles. The van der Waals surface area contributed by atoms with Crippen molar-refractivity contribution in [2.45, 2.75) is 12.3 Å². The van der Waals surface area contributed by atoms with E-state index in [1.807, 2.05) is 35.7 Å². The number of nitrogens with one attached hydrogen (secondary N) is 2. The Kier molecular flexibility index (Phi) is 6.32. The number of hydrogen-bond acceptors (Lipinski definition) is 9. The Labute approximate surface area is 202 Å². The van der Waals surface area contributed by atoms with Crippen LogP contribution in [0.5, 0.6) is 0 Å². The zero-order valence-corrected chi connectivity index (χ0v) is 19.0. The van der Waals surface area contributed by atoms with Crippen LogP contribution in [-0.2, 0) is 10.9 Å². The van der Waals surface area contributed by atoms with E-state index in [9.17, 15) is 13.2 Å². The third kappa shape index (κ3) is 5.24. The number of rotatable bonds is 5. The summed E-state index contributed by atoms with van der Waals surface area (Å²) in [7, 11) is 0. The number of nitrogens with zero attached hydrogens (tertiary/aromatic N) is 4. The zero-order valence-electron chi connectivity index (χ0n) is 18.2. The molecule has 8 nitrogen and oxygen atoms in total. The number of thiazole rings is 1. The summed E-state index contributed by atoms with van der Waals surface area (Å²) < 4.78 is 47.1. The molecule has 12 heteroatoms. The molecule has 1 aromatic carbocycles. The van der Waals surface area contributed by atoms with Crippen LogP contribution in [0.2, 0.25) is 0 Å². The van der Waals surface area contributed by atoms with Crippen LogP contribution in [0.15, 0.2) is 54.0 Å². The summed E-state index contributed by atoms with van der Waals surface area (Å²) in [5.74, 6) is 0.310. The molecule has 1 unspecified atom stereocenters. The van der Waals surface area contributed by atoms with E-state index in [4.69, 9.17) is 10.5 Å². The number of nitrogen functional groups attached to an aromatic ring is 1. The second-order valence-corrected chi connectivity index (χ2v) is 8.60. The van der Waals surface area contributed by atoms with E-state index in [0.717, 1.165) is 23.5 Å². The van der Waals surface area contributed by atoms with Gasteiger partial charge in [-0.05, 0) is 6.07 Å². The Bertz CT molecular complexity index is 1320. The number of pyridine rings is 1. The Morgan fingerprint density at radius 3 is 2.66 bits per heavy atom. The number of anilines is 3. The summed E-state index contributed by atoms with van der Waals surface area (Å²) in [6, 6.07) is 11.9. The van der Waals surface area contributed by atoms with E-state index in [-0.39, 0.29) is 28.7 Å². The fraction of sp³-hybridized carbons (Fsp3) is 0.217. The third-order valence-electron chi connectivity index (χ3n) is 5.27. The molecule has 0 radical (unpaired) electrons. The molecule has 0 aliphatic carbocycles. The summed E-state index contributed by atoms with van der Waals surface area (Å²) in [5.41, 5.74) is 6.18. The van der Waals surface area contributed by atoms with Gasteiger partial charge in [-0.2, -0.15) is 13.2 Å². The summed E-state index contributed by atoms with van der Waals surface area (Å²) in [6.45, 7) is 1.54. The summed E-state index contributed by atoms with van der Waals surface area (Å²) in [4.78, 5) is 17.4. The molecule has 3 aromatic heterocycles. The number of aromatic nitrogens is 4. The van der Waals surface area contributed by atoms with Gasteiger partial charge in [0, 0.05) is 41.9 Å². The second-order valence-electron chi connectivity index (χ2n) is 7.74. The van der Waals surface area contributed by atoms with Crippen molar-refractivity contribution in [2.24, 2.45) is 0 Å². The van der Waals surface area contributed by atoms with Crippen LogP contribution >= 0.6 is 11.3 Å². The van der Waals surface area contributed by atoms with Gasteiger partial charge in [-0.3, -0.25) is 0 Å². The Hall–Kier alpha value is -3.61. The highest BCUT2D eigenvalue weighted by molar-refractivity contribution is 7.14. The molecule has 0 amide bonds. The Morgan fingerprint density at radius 1 is 1.09 bits per heavy atom. The standard InChI is InChI=1S/C23H20F3N7OS/c24-23(25,26)15-8-19(27)29-10-14(15)16-9-20(32-21(30-16)18-11-28-6-7-34-18)33-22-31-17(12-35-22)13-4-2-1-3-5-13/h1-5,8-10,12,18,28H,6-7,11H2,(H2,27,29)(H,30,31,32,33). The normalized spacial score (nSPS) is 16.3. The van der Waals surface area contributed by atoms with Gasteiger partial charge in [0.15, 0.2) is 11.0 Å². The van der Waals surface area contributed by atoms with Crippen molar-refractivity contribution in [3.63, 3.8) is 0 Å². The molecule has 1 fully saturated rings. The van der Waals surface area contributed by atoms with Crippen molar-refractivity contribution in [1.29, 1.82) is 0 Å². The molecule has 1 atom stereocenters. The lowest BCUT2D eigenvalue weighted by Gasteiger charge is -2.23. The van der Waals surface area contributed by atoms with Crippen LogP contribution in [0.3, 0.4) is 0 Å². The van der Waals surface area contributed by atoms with E-state index in [2.05, 4.69) is 30.6 Å². The van der Waals surface area contributed by atoms with Crippen molar-refractivity contribution >= 4 is 28.1 Å². The highest BCUT2D eigenvalue weighted by Crippen LogP contribution is 2.38. The maximum Gasteiger partial charge on any atom is 0.417 e. The number of halogens is 3. The fourth-order valence-electron chi connectivity index (χ4n) is 3.64. The highest BCUT2D eigenvalue weighted by Gasteiger charge is 2.35. The number of benzene rings is 1. The lowest BCUT2D eigenvalue weighted by molar-refractivity contribution is -0.137. The number of hydrogen-bond donors (Lipinski definition) is 3. The van der Waals surface area contributed by atoms with Gasteiger partial charge in [0.05, 0.1) is 23.6 Å². The van der Waals surface area contributed by atoms with Gasteiger partial charge >= 0.3 is 6.18 Å². The van der Waals surface area contributed by atoms with Gasteiger partial charge in [-0.15, -0.1) is 11.3 Å². The molecule has 1 aliphatic heterocycles. The first-order chi connectivity index (χ1) is 16.9. The predicted octanol–water partition coefficient (Wildman–Crippen LogP) is 4.67. The minimum Gasteiger partial charge on any atom is -0.384 e. The molecule has 35 heavy (non-hydrogen) atoms. The quantitative estimate of drug-likeness (QED) is 0.363. The first-order valence-corrected chi connectivity index (χ1v) is 11.6. The fourth-order valence-corrected chi connectivity index (χ4v) is 4.36. The summed E-state index contributed by atoms with van der Waals surface area (Å²) in [5, 5.41) is 8.71. The van der Waals surface area contributed by atoms with Crippen LogP contribution in [-0.4, -0.2) is 39.6 Å². The first kappa shape index (κ1) is 23.1. The van der Waals surface area contributed by atoms with Gasteiger partial charge in [0.1, 0.15) is 17.7 Å². The monoisotopic (exact) mass is 499 g/mol. The molecule has 0 saturated carbocycles. The SMILES string of the molecule is Nc1cc(C(F)(F)F)c(-c2cc(Nc3nc(-c4ccccc4)cs3)nc(C3CNCCO3)n2)cn1. The molecule has 180 valence electrons. The second kappa shape index (κ2) is 9.56.